The average molecular weight is 351 g/mol. The van der Waals surface area contributed by atoms with Gasteiger partial charge in [0.1, 0.15) is 12.4 Å². The first-order valence-corrected chi connectivity index (χ1v) is 7.37. The minimum absolute atomic E-state index is 0.0481. The Labute approximate surface area is 142 Å². The number of hydrogen-bond acceptors (Lipinski definition) is 5. The van der Waals surface area contributed by atoms with Crippen molar-refractivity contribution in [3.8, 4) is 5.75 Å². The number of hydrogen-bond donors (Lipinski definition) is 0. The van der Waals surface area contributed by atoms with Gasteiger partial charge in [-0.15, -0.1) is 0 Å². The molecule has 25 heavy (non-hydrogen) atoms. The molecule has 0 saturated heterocycles. The zero-order valence-corrected chi connectivity index (χ0v) is 13.1. The van der Waals surface area contributed by atoms with Crippen molar-refractivity contribution in [3.63, 3.8) is 0 Å². The molecule has 8 heteroatoms. The fraction of sp³-hybridized carbons (Fsp3) is 0.235. The molecule has 132 valence electrons. The summed E-state index contributed by atoms with van der Waals surface area (Å²) in [6, 6.07) is 11.8. The van der Waals surface area contributed by atoms with Crippen molar-refractivity contribution >= 4 is 11.7 Å². The summed E-state index contributed by atoms with van der Waals surface area (Å²) in [4.78, 5) is 21.9. The number of esters is 1. The van der Waals surface area contributed by atoms with Crippen LogP contribution >= 0.6 is 0 Å². The highest BCUT2D eigenvalue weighted by molar-refractivity contribution is 5.69. The topological polar surface area (TPSA) is 78.7 Å². The van der Waals surface area contributed by atoms with E-state index in [1.54, 1.807) is 18.2 Å². The number of non-ortho nitro benzene ring substituents is 1. The molecule has 0 spiro atoms. The summed E-state index contributed by atoms with van der Waals surface area (Å²) in [5.41, 5.74) is 1.23. The van der Waals surface area contributed by atoms with E-state index in [2.05, 4.69) is 4.74 Å². The minimum atomic E-state index is -2.88. The lowest BCUT2D eigenvalue weighted by Crippen LogP contribution is -2.06. The summed E-state index contributed by atoms with van der Waals surface area (Å²) in [6.45, 7) is -2.93. The fourth-order valence-electron chi connectivity index (χ4n) is 2.08. The number of aryl methyl sites for hydroxylation is 1. The van der Waals surface area contributed by atoms with Crippen LogP contribution in [-0.2, 0) is 22.6 Å². The fourth-order valence-corrected chi connectivity index (χ4v) is 2.08. The second kappa shape index (κ2) is 8.72. The summed E-state index contributed by atoms with van der Waals surface area (Å²) in [5, 5.41) is 10.7. The molecule has 2 rings (SSSR count). The molecule has 0 radical (unpaired) electrons. The van der Waals surface area contributed by atoms with Gasteiger partial charge >= 0.3 is 12.6 Å². The number of nitro benzene ring substituents is 1. The smallest absolute Gasteiger partial charge is 0.387 e. The lowest BCUT2D eigenvalue weighted by molar-refractivity contribution is -0.384. The lowest BCUT2D eigenvalue weighted by Gasteiger charge is -2.07. The van der Waals surface area contributed by atoms with Gasteiger partial charge in [-0.2, -0.15) is 8.78 Å². The maximum atomic E-state index is 12.0. The van der Waals surface area contributed by atoms with Gasteiger partial charge in [0.2, 0.25) is 0 Å². The average Bonchev–Trinajstić information content (AvgIpc) is 2.59. The molecule has 2 aromatic carbocycles. The standard InChI is InChI=1S/C17H15F2NO5/c18-17(19)25-15-7-4-12(5-8-15)6-9-16(21)24-11-13-2-1-3-14(10-13)20(22)23/h1-5,7-8,10,17H,6,9,11H2. The van der Waals surface area contributed by atoms with Crippen molar-refractivity contribution in [3.05, 3.63) is 69.8 Å². The van der Waals surface area contributed by atoms with Gasteiger partial charge in [-0.1, -0.05) is 24.3 Å². The van der Waals surface area contributed by atoms with Crippen molar-refractivity contribution in [1.82, 2.24) is 0 Å². The third-order valence-corrected chi connectivity index (χ3v) is 3.29. The van der Waals surface area contributed by atoms with E-state index in [4.69, 9.17) is 4.74 Å². The largest absolute Gasteiger partial charge is 0.461 e. The Bertz CT molecular complexity index is 734. The lowest BCUT2D eigenvalue weighted by atomic mass is 10.1. The molecule has 0 unspecified atom stereocenters. The van der Waals surface area contributed by atoms with Gasteiger partial charge < -0.3 is 9.47 Å². The summed E-state index contributed by atoms with van der Waals surface area (Å²) in [7, 11) is 0. The quantitative estimate of drug-likeness (QED) is 0.410. The van der Waals surface area contributed by atoms with Crippen LogP contribution in [0.4, 0.5) is 14.5 Å². The first-order chi connectivity index (χ1) is 11.9. The summed E-state index contributed by atoms with van der Waals surface area (Å²) >= 11 is 0. The van der Waals surface area contributed by atoms with Crippen molar-refractivity contribution in [2.45, 2.75) is 26.1 Å². The molecule has 0 aliphatic heterocycles. The maximum absolute atomic E-state index is 12.0. The molecule has 6 nitrogen and oxygen atoms in total. The molecule has 0 atom stereocenters. The van der Waals surface area contributed by atoms with E-state index in [1.807, 2.05) is 0 Å². The number of rotatable bonds is 8. The molecular formula is C17H15F2NO5. The number of halogens is 2. The number of carbonyl (C=O) groups is 1. The molecule has 0 saturated carbocycles. The van der Waals surface area contributed by atoms with Crippen molar-refractivity contribution < 1.29 is 28.0 Å². The Hall–Kier alpha value is -3.03. The Morgan fingerprint density at radius 3 is 2.48 bits per heavy atom. The van der Waals surface area contributed by atoms with E-state index in [0.717, 1.165) is 5.56 Å². The highest BCUT2D eigenvalue weighted by atomic mass is 19.3. The Kier molecular flexibility index (Phi) is 6.39. The van der Waals surface area contributed by atoms with Crippen molar-refractivity contribution in [2.24, 2.45) is 0 Å². The Morgan fingerprint density at radius 2 is 1.84 bits per heavy atom. The van der Waals surface area contributed by atoms with Crippen LogP contribution < -0.4 is 4.74 Å². The van der Waals surface area contributed by atoms with Gasteiger partial charge in [0.05, 0.1) is 4.92 Å². The minimum Gasteiger partial charge on any atom is -0.461 e. The zero-order chi connectivity index (χ0) is 18.2. The number of carbonyl (C=O) groups excluding carboxylic acids is 1. The second-order valence-electron chi connectivity index (χ2n) is 5.11. The summed E-state index contributed by atoms with van der Waals surface area (Å²) in [5.74, 6) is -0.411. The van der Waals surface area contributed by atoms with E-state index in [1.165, 1.54) is 30.3 Å². The van der Waals surface area contributed by atoms with Gasteiger partial charge in [0.15, 0.2) is 0 Å². The first kappa shape index (κ1) is 18.3. The number of alkyl halides is 2. The van der Waals surface area contributed by atoms with Gasteiger partial charge in [-0.25, -0.2) is 0 Å². The first-order valence-electron chi connectivity index (χ1n) is 7.37. The van der Waals surface area contributed by atoms with Gasteiger partial charge in [0.25, 0.3) is 5.69 Å². The van der Waals surface area contributed by atoms with Crippen LogP contribution in [0.25, 0.3) is 0 Å². The zero-order valence-electron chi connectivity index (χ0n) is 13.1. The van der Waals surface area contributed by atoms with Gasteiger partial charge in [-0.3, -0.25) is 14.9 Å². The molecular weight excluding hydrogens is 336 g/mol. The van der Waals surface area contributed by atoms with Gasteiger partial charge in [-0.05, 0) is 29.7 Å². The maximum Gasteiger partial charge on any atom is 0.387 e. The number of ether oxygens (including phenoxy) is 2. The van der Waals surface area contributed by atoms with E-state index in [9.17, 15) is 23.7 Å². The molecule has 0 fully saturated rings. The van der Waals surface area contributed by atoms with Crippen LogP contribution in [0, 0.1) is 10.1 Å². The Morgan fingerprint density at radius 1 is 1.12 bits per heavy atom. The third-order valence-electron chi connectivity index (χ3n) is 3.29. The molecule has 0 bridgehead atoms. The van der Waals surface area contributed by atoms with Crippen LogP contribution in [0.2, 0.25) is 0 Å². The molecule has 0 heterocycles. The van der Waals surface area contributed by atoms with Gasteiger partial charge in [0, 0.05) is 18.6 Å². The molecule has 0 aliphatic carbocycles. The normalized spacial score (nSPS) is 10.5. The van der Waals surface area contributed by atoms with Crippen LogP contribution in [-0.4, -0.2) is 17.5 Å². The van der Waals surface area contributed by atoms with Crippen LogP contribution in [0.5, 0.6) is 5.75 Å². The van der Waals surface area contributed by atoms with Crippen LogP contribution in [0.1, 0.15) is 17.5 Å². The summed E-state index contributed by atoms with van der Waals surface area (Å²) in [6.07, 6.45) is 0.479. The molecule has 0 aromatic heterocycles. The van der Waals surface area contributed by atoms with E-state index < -0.39 is 17.5 Å². The molecule has 0 N–H and O–H groups in total. The second-order valence-corrected chi connectivity index (χ2v) is 5.11. The SMILES string of the molecule is O=C(CCc1ccc(OC(F)F)cc1)OCc1cccc([N+](=O)[O-])c1. The number of nitro groups is 1. The summed E-state index contributed by atoms with van der Waals surface area (Å²) < 4.78 is 33.4. The van der Waals surface area contributed by atoms with Crippen LogP contribution in [0.15, 0.2) is 48.5 Å². The number of benzene rings is 2. The van der Waals surface area contributed by atoms with E-state index in [0.29, 0.717) is 12.0 Å². The highest BCUT2D eigenvalue weighted by Gasteiger charge is 2.09. The third kappa shape index (κ3) is 6.17. The Balaban J connectivity index is 1.79. The monoisotopic (exact) mass is 351 g/mol. The van der Waals surface area contributed by atoms with E-state index >= 15 is 0 Å². The molecule has 0 aliphatic rings. The highest BCUT2D eigenvalue weighted by Crippen LogP contribution is 2.17. The van der Waals surface area contributed by atoms with Crippen LogP contribution in [0.3, 0.4) is 0 Å². The number of nitrogens with zero attached hydrogens (tertiary/aromatic N) is 1. The van der Waals surface area contributed by atoms with Crippen molar-refractivity contribution in [1.29, 1.82) is 0 Å². The van der Waals surface area contributed by atoms with E-state index in [-0.39, 0.29) is 24.5 Å². The predicted octanol–water partition coefficient (Wildman–Crippen LogP) is 3.87. The molecule has 0 amide bonds. The predicted molar refractivity (Wildman–Crippen MR) is 84.3 cm³/mol. The van der Waals surface area contributed by atoms with Crippen molar-refractivity contribution in [2.75, 3.05) is 0 Å². The molecule has 2 aromatic rings.